The summed E-state index contributed by atoms with van der Waals surface area (Å²) >= 11 is 0. The molecule has 0 saturated heterocycles. The van der Waals surface area contributed by atoms with Gasteiger partial charge in [0.15, 0.2) is 5.58 Å². The molecule has 0 aliphatic heterocycles. The van der Waals surface area contributed by atoms with Crippen LogP contribution < -0.4 is 4.90 Å². The summed E-state index contributed by atoms with van der Waals surface area (Å²) in [4.78, 5) is 2.36. The molecular weight excluding hydrogens is 619 g/mol. The van der Waals surface area contributed by atoms with Crippen molar-refractivity contribution in [3.63, 3.8) is 0 Å². The zero-order chi connectivity index (χ0) is 33.8. The van der Waals surface area contributed by atoms with Gasteiger partial charge in [0.2, 0.25) is 0 Å². The van der Waals surface area contributed by atoms with Crippen LogP contribution >= 0.6 is 0 Å². The number of para-hydroxylation sites is 4. The number of rotatable bonds is 6. The van der Waals surface area contributed by atoms with Crippen molar-refractivity contribution in [1.82, 2.24) is 0 Å². The second-order valence-electron chi connectivity index (χ2n) is 13.5. The molecule has 7 aromatic carbocycles. The van der Waals surface area contributed by atoms with Crippen LogP contribution in [0.5, 0.6) is 0 Å². The van der Waals surface area contributed by atoms with E-state index in [1.807, 2.05) is 0 Å². The van der Waals surface area contributed by atoms with Gasteiger partial charge in [-0.05, 0) is 58.5 Å². The highest BCUT2D eigenvalue weighted by atomic mass is 16.3. The Morgan fingerprint density at radius 2 is 1.16 bits per heavy atom. The molecule has 0 fully saturated rings. The maximum Gasteiger partial charge on any atom is 0.159 e. The fourth-order valence-electron chi connectivity index (χ4n) is 8.87. The molecule has 0 N–H and O–H groups in total. The number of fused-ring (bicyclic) bond motifs is 6. The van der Waals surface area contributed by atoms with E-state index in [4.69, 9.17) is 4.42 Å². The highest BCUT2D eigenvalue weighted by Gasteiger charge is 2.51. The van der Waals surface area contributed by atoms with Crippen LogP contribution in [0.4, 0.5) is 17.1 Å². The minimum Gasteiger partial charge on any atom is -0.453 e. The molecule has 51 heavy (non-hydrogen) atoms. The maximum atomic E-state index is 7.35. The third-order valence-electron chi connectivity index (χ3n) is 10.9. The molecule has 1 aromatic heterocycles. The van der Waals surface area contributed by atoms with Crippen molar-refractivity contribution < 1.29 is 4.42 Å². The molecule has 2 aliphatic carbocycles. The summed E-state index contributed by atoms with van der Waals surface area (Å²) < 4.78 is 7.35. The van der Waals surface area contributed by atoms with Crippen molar-refractivity contribution in [1.29, 1.82) is 0 Å². The number of furan rings is 1. The number of hydrogen-bond acceptors (Lipinski definition) is 2. The van der Waals surface area contributed by atoms with Crippen LogP contribution in [0.1, 0.15) is 34.6 Å². The Morgan fingerprint density at radius 3 is 1.98 bits per heavy atom. The molecule has 2 heteroatoms. The zero-order valence-electron chi connectivity index (χ0n) is 28.1. The van der Waals surface area contributed by atoms with E-state index in [1.165, 1.54) is 33.4 Å². The Labute approximate surface area is 298 Å². The van der Waals surface area contributed by atoms with Crippen molar-refractivity contribution >= 4 is 39.0 Å². The third kappa shape index (κ3) is 4.43. The van der Waals surface area contributed by atoms with Crippen molar-refractivity contribution in [3.05, 3.63) is 222 Å². The van der Waals surface area contributed by atoms with E-state index in [9.17, 15) is 0 Å². The minimum atomic E-state index is -0.500. The number of anilines is 3. The van der Waals surface area contributed by atoms with Crippen LogP contribution in [-0.4, -0.2) is 0 Å². The Bertz CT molecular complexity index is 2620. The summed E-state index contributed by atoms with van der Waals surface area (Å²) in [6.07, 6.45) is 7.91. The molecule has 2 aliphatic rings. The van der Waals surface area contributed by atoms with Gasteiger partial charge in [-0.25, -0.2) is 0 Å². The summed E-state index contributed by atoms with van der Waals surface area (Å²) in [5.41, 5.74) is 13.4. The van der Waals surface area contributed by atoms with Gasteiger partial charge in [-0.15, -0.1) is 0 Å². The van der Waals surface area contributed by atoms with E-state index < -0.39 is 5.41 Å². The smallest absolute Gasteiger partial charge is 0.159 e. The van der Waals surface area contributed by atoms with E-state index in [0.29, 0.717) is 5.92 Å². The first-order chi connectivity index (χ1) is 25.3. The van der Waals surface area contributed by atoms with Gasteiger partial charge in [-0.1, -0.05) is 170 Å². The molecule has 0 spiro atoms. The van der Waals surface area contributed by atoms with E-state index in [-0.39, 0.29) is 0 Å². The Balaban J connectivity index is 1.28. The van der Waals surface area contributed by atoms with Crippen LogP contribution in [-0.2, 0) is 5.41 Å². The molecule has 2 atom stereocenters. The number of hydrogen-bond donors (Lipinski definition) is 0. The lowest BCUT2D eigenvalue weighted by molar-refractivity contribution is 0.637. The van der Waals surface area contributed by atoms with Crippen LogP contribution in [0, 0.1) is 0 Å². The van der Waals surface area contributed by atoms with Gasteiger partial charge in [-0.3, -0.25) is 0 Å². The molecule has 0 saturated carbocycles. The number of nitrogens with zero attached hydrogens (tertiary/aromatic N) is 1. The lowest BCUT2D eigenvalue weighted by Crippen LogP contribution is -2.30. The second-order valence-corrected chi connectivity index (χ2v) is 13.5. The van der Waals surface area contributed by atoms with Gasteiger partial charge in [0.05, 0.1) is 16.8 Å². The molecule has 242 valence electrons. The van der Waals surface area contributed by atoms with Crippen molar-refractivity contribution in [3.8, 4) is 11.1 Å². The molecular formula is C49H35NO. The summed E-state index contributed by atoms with van der Waals surface area (Å²) in [5, 5.41) is 2.22. The summed E-state index contributed by atoms with van der Waals surface area (Å²) in [6.45, 7) is 0. The Morgan fingerprint density at radius 1 is 0.529 bits per heavy atom. The fraction of sp³-hybridized carbons (Fsp3) is 0.0612. The van der Waals surface area contributed by atoms with Gasteiger partial charge in [0.1, 0.15) is 5.58 Å². The van der Waals surface area contributed by atoms with Crippen molar-refractivity contribution in [2.75, 3.05) is 4.90 Å². The lowest BCUT2D eigenvalue weighted by Gasteiger charge is -2.35. The van der Waals surface area contributed by atoms with Crippen LogP contribution in [0.15, 0.2) is 204 Å². The van der Waals surface area contributed by atoms with E-state index in [0.717, 1.165) is 51.0 Å². The molecule has 0 radical (unpaired) electrons. The first-order valence-electron chi connectivity index (χ1n) is 17.8. The predicted molar refractivity (Wildman–Crippen MR) is 211 cm³/mol. The normalized spacial score (nSPS) is 17.6. The third-order valence-corrected chi connectivity index (χ3v) is 10.9. The average molecular weight is 654 g/mol. The topological polar surface area (TPSA) is 16.4 Å². The highest BCUT2D eigenvalue weighted by molar-refractivity contribution is 6.12. The largest absolute Gasteiger partial charge is 0.453 e. The van der Waals surface area contributed by atoms with Gasteiger partial charge >= 0.3 is 0 Å². The van der Waals surface area contributed by atoms with E-state index in [1.54, 1.807) is 0 Å². The van der Waals surface area contributed by atoms with Gasteiger partial charge in [0.25, 0.3) is 0 Å². The zero-order valence-corrected chi connectivity index (χ0v) is 28.1. The highest BCUT2D eigenvalue weighted by Crippen LogP contribution is 2.60. The lowest BCUT2D eigenvalue weighted by atomic mass is 9.66. The van der Waals surface area contributed by atoms with Gasteiger partial charge in [-0.2, -0.15) is 0 Å². The SMILES string of the molecule is C1=CCC2C(=C1)C(c1ccccc1)(c1cccc3c1oc1c(N(c4ccccc4)c4ccccc4-c4ccccc4)cccc13)c1ccccc12. The fourth-order valence-corrected chi connectivity index (χ4v) is 8.87. The monoisotopic (exact) mass is 653 g/mol. The maximum absolute atomic E-state index is 7.35. The Hall–Kier alpha value is -6.38. The molecule has 0 amide bonds. The van der Waals surface area contributed by atoms with Crippen LogP contribution in [0.3, 0.4) is 0 Å². The molecule has 10 rings (SSSR count). The summed E-state index contributed by atoms with van der Waals surface area (Å²) in [5.74, 6) is 0.310. The minimum absolute atomic E-state index is 0.310. The van der Waals surface area contributed by atoms with Crippen LogP contribution in [0.2, 0.25) is 0 Å². The molecule has 2 nitrogen and oxygen atoms in total. The Kier molecular flexibility index (Phi) is 6.89. The summed E-state index contributed by atoms with van der Waals surface area (Å²) in [7, 11) is 0. The quantitative estimate of drug-likeness (QED) is 0.178. The summed E-state index contributed by atoms with van der Waals surface area (Å²) in [6, 6.07) is 63.4. The van der Waals surface area contributed by atoms with E-state index in [2.05, 4.69) is 199 Å². The van der Waals surface area contributed by atoms with Gasteiger partial charge in [0, 0.05) is 33.5 Å². The first kappa shape index (κ1) is 29.5. The molecule has 1 heterocycles. The molecule has 0 bridgehead atoms. The standard InChI is InChI=1S/C49H35NO/c1-4-18-34(19-5-1)37-24-12-15-32-45(37)50(36-22-8-3-9-23-36)46-33-17-28-41-40-27-16-31-44(47(40)51-48(41)46)49(35-20-6-2-7-21-35)42-29-13-10-25-38(42)39-26-11-14-30-43(39)49/h1-25,27-33,39H,26H2. The van der Waals surface area contributed by atoms with Crippen molar-refractivity contribution in [2.24, 2.45) is 0 Å². The first-order valence-corrected chi connectivity index (χ1v) is 17.8. The number of allylic oxidation sites excluding steroid dienone is 4. The number of benzene rings is 7. The van der Waals surface area contributed by atoms with Crippen LogP contribution in [0.25, 0.3) is 33.1 Å². The van der Waals surface area contributed by atoms with E-state index >= 15 is 0 Å². The van der Waals surface area contributed by atoms with Crippen molar-refractivity contribution in [2.45, 2.75) is 17.8 Å². The predicted octanol–water partition coefficient (Wildman–Crippen LogP) is 13.0. The van der Waals surface area contributed by atoms with Gasteiger partial charge < -0.3 is 9.32 Å². The second kappa shape index (κ2) is 11.9. The molecule has 2 unspecified atom stereocenters. The molecule has 8 aromatic rings. The average Bonchev–Trinajstić information content (AvgIpc) is 3.74.